The number of hydrogen-bond acceptors (Lipinski definition) is 4. The van der Waals surface area contributed by atoms with Crippen molar-refractivity contribution in [2.45, 2.75) is 30.4 Å². The highest BCUT2D eigenvalue weighted by Gasteiger charge is 2.31. The van der Waals surface area contributed by atoms with E-state index in [0.29, 0.717) is 24.3 Å². The van der Waals surface area contributed by atoms with Crippen LogP contribution in [0.2, 0.25) is 0 Å². The van der Waals surface area contributed by atoms with Crippen molar-refractivity contribution < 1.29 is 19.4 Å². The Morgan fingerprint density at radius 2 is 2.00 bits per heavy atom. The van der Waals surface area contributed by atoms with E-state index < -0.39 is 12.1 Å². The van der Waals surface area contributed by atoms with Crippen LogP contribution in [0.15, 0.2) is 42.5 Å². The fraction of sp³-hybridized carbons (Fsp3) is 0.316. The average molecular weight is 391 g/mol. The van der Waals surface area contributed by atoms with E-state index in [4.69, 9.17) is 9.47 Å². The van der Waals surface area contributed by atoms with E-state index in [1.165, 1.54) is 7.11 Å². The highest BCUT2D eigenvalue weighted by Crippen LogP contribution is 2.39. The van der Waals surface area contributed by atoms with Gasteiger partial charge < -0.3 is 14.6 Å². The number of fused-ring (bicyclic) bond motifs is 1. The number of esters is 1. The van der Waals surface area contributed by atoms with Gasteiger partial charge in [0.25, 0.3) is 0 Å². The summed E-state index contributed by atoms with van der Waals surface area (Å²) in [6.07, 6.45) is 0.801. The first-order valence-electron chi connectivity index (χ1n) is 7.84. The third kappa shape index (κ3) is 3.32. The van der Waals surface area contributed by atoms with Crippen molar-refractivity contribution >= 4 is 21.9 Å². The second kappa shape index (κ2) is 7.36. The molecule has 1 aliphatic rings. The van der Waals surface area contributed by atoms with E-state index >= 15 is 0 Å². The fourth-order valence-corrected chi connectivity index (χ4v) is 3.52. The van der Waals surface area contributed by atoms with Crippen molar-refractivity contribution in [1.82, 2.24) is 0 Å². The number of benzene rings is 2. The Morgan fingerprint density at radius 3 is 2.71 bits per heavy atom. The van der Waals surface area contributed by atoms with Crippen molar-refractivity contribution in [1.29, 1.82) is 0 Å². The van der Waals surface area contributed by atoms with Gasteiger partial charge >= 0.3 is 5.97 Å². The van der Waals surface area contributed by atoms with Crippen molar-refractivity contribution in [3.8, 4) is 5.75 Å². The lowest BCUT2D eigenvalue weighted by atomic mass is 9.86. The van der Waals surface area contributed by atoms with E-state index in [9.17, 15) is 9.90 Å². The Bertz CT molecular complexity index is 730. The molecule has 0 bridgehead atoms. The zero-order chi connectivity index (χ0) is 17.1. The Hall–Kier alpha value is -1.85. The van der Waals surface area contributed by atoms with Crippen molar-refractivity contribution in [3.05, 3.63) is 64.7 Å². The molecule has 2 aromatic rings. The first-order chi connectivity index (χ1) is 11.6. The summed E-state index contributed by atoms with van der Waals surface area (Å²) in [5.41, 5.74) is 3.02. The molecule has 0 amide bonds. The maximum Gasteiger partial charge on any atom is 0.341 e. The van der Waals surface area contributed by atoms with Crippen LogP contribution in [-0.2, 0) is 17.8 Å². The number of hydrogen-bond donors (Lipinski definition) is 1. The lowest BCUT2D eigenvalue weighted by Gasteiger charge is -2.28. The molecule has 0 radical (unpaired) electrons. The molecule has 0 fully saturated rings. The zero-order valence-corrected chi connectivity index (χ0v) is 15.0. The minimum atomic E-state index is -0.639. The number of carbonyl (C=O) groups is 1. The quantitative estimate of drug-likeness (QED) is 0.637. The third-order valence-corrected chi connectivity index (χ3v) is 5.23. The highest BCUT2D eigenvalue weighted by molar-refractivity contribution is 9.09. The number of methoxy groups -OCH3 is 1. The van der Waals surface area contributed by atoms with E-state index in [0.717, 1.165) is 23.1 Å². The summed E-state index contributed by atoms with van der Waals surface area (Å²) in [5, 5.41) is 10.4. The number of aliphatic hydroxyl groups excluding tert-OH is 1. The maximum atomic E-state index is 12.3. The number of halogens is 1. The molecule has 0 saturated heterocycles. The zero-order valence-electron chi connectivity index (χ0n) is 13.4. The summed E-state index contributed by atoms with van der Waals surface area (Å²) >= 11 is 3.48. The van der Waals surface area contributed by atoms with Crippen molar-refractivity contribution in [3.63, 3.8) is 0 Å². The first-order valence-corrected chi connectivity index (χ1v) is 8.76. The minimum absolute atomic E-state index is 0.00779. The van der Waals surface area contributed by atoms with Gasteiger partial charge in [-0.15, -0.1) is 0 Å². The highest BCUT2D eigenvalue weighted by atomic mass is 79.9. The van der Waals surface area contributed by atoms with Gasteiger partial charge in [0.15, 0.2) is 0 Å². The average Bonchev–Trinajstić information content (AvgIpc) is 2.62. The molecule has 1 N–H and O–H groups in total. The van der Waals surface area contributed by atoms with Crippen LogP contribution in [0.4, 0.5) is 0 Å². The molecule has 0 aromatic heterocycles. The molecule has 0 aliphatic heterocycles. The van der Waals surface area contributed by atoms with Gasteiger partial charge in [0.1, 0.15) is 17.9 Å². The van der Waals surface area contributed by atoms with Gasteiger partial charge in [-0.05, 0) is 35.6 Å². The van der Waals surface area contributed by atoms with Crippen LogP contribution in [0, 0.1) is 0 Å². The van der Waals surface area contributed by atoms with Gasteiger partial charge in [0.2, 0.25) is 0 Å². The predicted octanol–water partition coefficient (Wildman–Crippen LogP) is 3.80. The van der Waals surface area contributed by atoms with E-state index in [-0.39, 0.29) is 4.83 Å². The molecule has 0 saturated carbocycles. The second-order valence-corrected chi connectivity index (χ2v) is 6.95. The Balaban J connectivity index is 1.96. The molecule has 5 heteroatoms. The van der Waals surface area contributed by atoms with Crippen LogP contribution in [-0.4, -0.2) is 23.0 Å². The minimum Gasteiger partial charge on any atom is -0.488 e. The Morgan fingerprint density at radius 1 is 1.25 bits per heavy atom. The Labute approximate surface area is 149 Å². The first kappa shape index (κ1) is 17.0. The SMILES string of the molecule is COC(=O)c1c(OCc2ccccc2)ccc2c1CC[C@@H](Br)[C@@H]2O. The normalized spacial score (nSPS) is 19.5. The molecular weight excluding hydrogens is 372 g/mol. The molecular formula is C19H19BrO4. The van der Waals surface area contributed by atoms with Gasteiger partial charge in [0.05, 0.1) is 13.2 Å². The molecule has 4 nitrogen and oxygen atoms in total. The molecule has 24 heavy (non-hydrogen) atoms. The number of aliphatic hydroxyl groups is 1. The summed E-state index contributed by atoms with van der Waals surface area (Å²) in [7, 11) is 1.36. The summed E-state index contributed by atoms with van der Waals surface area (Å²) in [6, 6.07) is 13.3. The topological polar surface area (TPSA) is 55.8 Å². The third-order valence-electron chi connectivity index (χ3n) is 4.27. The van der Waals surface area contributed by atoms with Crippen LogP contribution >= 0.6 is 15.9 Å². The molecule has 3 rings (SSSR count). The number of alkyl halides is 1. The van der Waals surface area contributed by atoms with E-state index in [1.807, 2.05) is 36.4 Å². The van der Waals surface area contributed by atoms with Crippen LogP contribution in [0.3, 0.4) is 0 Å². The molecule has 2 atom stereocenters. The summed E-state index contributed by atoms with van der Waals surface area (Å²) in [5.74, 6) is 0.0554. The van der Waals surface area contributed by atoms with E-state index in [2.05, 4.69) is 15.9 Å². The monoisotopic (exact) mass is 390 g/mol. The molecule has 1 aliphatic carbocycles. The van der Waals surface area contributed by atoms with Crippen LogP contribution in [0.1, 0.15) is 39.6 Å². The van der Waals surface area contributed by atoms with Gasteiger partial charge in [-0.3, -0.25) is 0 Å². The molecule has 2 aromatic carbocycles. The second-order valence-electron chi connectivity index (χ2n) is 5.77. The summed E-state index contributed by atoms with van der Waals surface area (Å²) < 4.78 is 10.8. The van der Waals surface area contributed by atoms with Gasteiger partial charge in [-0.25, -0.2) is 4.79 Å². The number of ether oxygens (including phenoxy) is 2. The van der Waals surface area contributed by atoms with Crippen LogP contribution in [0.25, 0.3) is 0 Å². The largest absolute Gasteiger partial charge is 0.488 e. The molecule has 126 valence electrons. The van der Waals surface area contributed by atoms with Crippen LogP contribution in [0.5, 0.6) is 5.75 Å². The fourth-order valence-electron chi connectivity index (χ4n) is 3.01. The van der Waals surface area contributed by atoms with E-state index in [1.54, 1.807) is 6.07 Å². The lowest BCUT2D eigenvalue weighted by Crippen LogP contribution is -2.23. The van der Waals surface area contributed by atoms with Crippen molar-refractivity contribution in [2.75, 3.05) is 7.11 Å². The summed E-state index contributed by atoms with van der Waals surface area (Å²) in [6.45, 7) is 0.368. The predicted molar refractivity (Wildman–Crippen MR) is 94.6 cm³/mol. The number of rotatable bonds is 4. The maximum absolute atomic E-state index is 12.3. The molecule has 0 spiro atoms. The molecule has 0 heterocycles. The van der Waals surface area contributed by atoms with Gasteiger partial charge in [-0.2, -0.15) is 0 Å². The molecule has 0 unspecified atom stereocenters. The summed E-state index contributed by atoms with van der Waals surface area (Å²) in [4.78, 5) is 12.3. The van der Waals surface area contributed by atoms with Crippen LogP contribution < -0.4 is 4.74 Å². The number of carbonyl (C=O) groups excluding carboxylic acids is 1. The van der Waals surface area contributed by atoms with Gasteiger partial charge in [0, 0.05) is 4.83 Å². The van der Waals surface area contributed by atoms with Crippen molar-refractivity contribution in [2.24, 2.45) is 0 Å². The van der Waals surface area contributed by atoms with Gasteiger partial charge in [-0.1, -0.05) is 52.3 Å². The standard InChI is InChI=1S/C19H19BrO4/c1-23-19(22)17-13-7-9-15(20)18(21)14(13)8-10-16(17)24-11-12-5-3-2-4-6-12/h2-6,8,10,15,18,21H,7,9,11H2,1H3/t15-,18-/m1/s1. The lowest BCUT2D eigenvalue weighted by molar-refractivity contribution is 0.0593. The smallest absolute Gasteiger partial charge is 0.341 e. The Kier molecular flexibility index (Phi) is 5.21.